The van der Waals surface area contributed by atoms with Crippen molar-refractivity contribution in [3.05, 3.63) is 18.7 Å². The molecule has 1 rings (SSSR count). The van der Waals surface area contributed by atoms with E-state index in [-0.39, 0.29) is 21.1 Å². The number of imidazole rings is 1. The van der Waals surface area contributed by atoms with Crippen molar-refractivity contribution >= 4 is 0 Å². The van der Waals surface area contributed by atoms with Gasteiger partial charge in [0.1, 0.15) is 0 Å². The van der Waals surface area contributed by atoms with Gasteiger partial charge < -0.3 is 4.98 Å². The molecular formula is C3H4N2Pt+2. The molecule has 0 saturated carbocycles. The Morgan fingerprint density at radius 1 is 1.50 bits per heavy atom. The van der Waals surface area contributed by atoms with Gasteiger partial charge in [-0.1, -0.05) is 0 Å². The van der Waals surface area contributed by atoms with Crippen LogP contribution in [0.25, 0.3) is 0 Å². The summed E-state index contributed by atoms with van der Waals surface area (Å²) in [6, 6.07) is 0. The van der Waals surface area contributed by atoms with Crippen molar-refractivity contribution < 1.29 is 21.1 Å². The summed E-state index contributed by atoms with van der Waals surface area (Å²) < 4.78 is 0. The van der Waals surface area contributed by atoms with Crippen molar-refractivity contribution in [1.82, 2.24) is 9.97 Å². The number of hydrogen-bond acceptors (Lipinski definition) is 1. The molecule has 0 saturated heterocycles. The first kappa shape index (κ1) is 5.90. The van der Waals surface area contributed by atoms with Crippen molar-refractivity contribution in [2.24, 2.45) is 0 Å². The summed E-state index contributed by atoms with van der Waals surface area (Å²) in [7, 11) is 0. The van der Waals surface area contributed by atoms with Crippen LogP contribution in [0.15, 0.2) is 18.7 Å². The average molecular weight is 263 g/mol. The van der Waals surface area contributed by atoms with Gasteiger partial charge >= 0.3 is 21.1 Å². The third kappa shape index (κ3) is 1.36. The van der Waals surface area contributed by atoms with E-state index >= 15 is 0 Å². The van der Waals surface area contributed by atoms with Crippen LogP contribution in [0.1, 0.15) is 0 Å². The predicted octanol–water partition coefficient (Wildman–Crippen LogP) is 0.407. The molecule has 1 aromatic rings. The third-order valence-electron chi connectivity index (χ3n) is 0.406. The van der Waals surface area contributed by atoms with Gasteiger partial charge in [0, 0.05) is 12.4 Å². The largest absolute Gasteiger partial charge is 2.00 e. The van der Waals surface area contributed by atoms with E-state index in [1.807, 2.05) is 0 Å². The van der Waals surface area contributed by atoms with Crippen molar-refractivity contribution in [2.45, 2.75) is 0 Å². The monoisotopic (exact) mass is 263 g/mol. The van der Waals surface area contributed by atoms with E-state index in [1.54, 1.807) is 18.7 Å². The summed E-state index contributed by atoms with van der Waals surface area (Å²) >= 11 is 0. The number of rotatable bonds is 0. The summed E-state index contributed by atoms with van der Waals surface area (Å²) in [5, 5.41) is 0. The number of nitrogens with one attached hydrogen (secondary N) is 1. The second-order valence-corrected chi connectivity index (χ2v) is 0.761. The summed E-state index contributed by atoms with van der Waals surface area (Å²) in [4.78, 5) is 6.42. The molecule has 0 atom stereocenters. The Bertz CT molecular complexity index is 65.3. The summed E-state index contributed by atoms with van der Waals surface area (Å²) in [6.07, 6.45) is 5.08. The van der Waals surface area contributed by atoms with Crippen LogP contribution in [0.3, 0.4) is 0 Å². The average Bonchev–Trinajstić information content (AvgIpc) is 1.76. The normalized spacial score (nSPS) is 6.67. The Kier molecular flexibility index (Phi) is 3.05. The Morgan fingerprint density at radius 3 is 2.50 bits per heavy atom. The van der Waals surface area contributed by atoms with Crippen LogP contribution in [0.5, 0.6) is 0 Å². The van der Waals surface area contributed by atoms with Crippen molar-refractivity contribution in [3.63, 3.8) is 0 Å². The maximum Gasteiger partial charge on any atom is 2.00 e. The zero-order valence-corrected chi connectivity index (χ0v) is 5.27. The van der Waals surface area contributed by atoms with Gasteiger partial charge in [-0.15, -0.1) is 0 Å². The number of aromatic amines is 1. The van der Waals surface area contributed by atoms with Gasteiger partial charge in [0.2, 0.25) is 0 Å². The van der Waals surface area contributed by atoms with E-state index < -0.39 is 0 Å². The molecule has 6 heavy (non-hydrogen) atoms. The fourth-order valence-electron chi connectivity index (χ4n) is 0.215. The first-order valence-electron chi connectivity index (χ1n) is 1.43. The van der Waals surface area contributed by atoms with Crippen LogP contribution < -0.4 is 0 Å². The van der Waals surface area contributed by atoms with E-state index in [4.69, 9.17) is 0 Å². The predicted molar refractivity (Wildman–Crippen MR) is 18.6 cm³/mol. The summed E-state index contributed by atoms with van der Waals surface area (Å²) in [5.41, 5.74) is 0. The van der Waals surface area contributed by atoms with E-state index in [9.17, 15) is 0 Å². The number of hydrogen-bond donors (Lipinski definition) is 1. The molecule has 0 unspecified atom stereocenters. The smallest absolute Gasteiger partial charge is 0.351 e. The van der Waals surface area contributed by atoms with E-state index in [2.05, 4.69) is 9.97 Å². The number of aromatic nitrogens is 2. The number of H-pyrrole nitrogens is 1. The van der Waals surface area contributed by atoms with Crippen LogP contribution in [0.4, 0.5) is 0 Å². The van der Waals surface area contributed by atoms with Crippen LogP contribution >= 0.6 is 0 Å². The zero-order valence-electron chi connectivity index (χ0n) is 3.00. The molecule has 2 nitrogen and oxygen atoms in total. The van der Waals surface area contributed by atoms with Gasteiger partial charge in [-0.3, -0.25) is 0 Å². The van der Waals surface area contributed by atoms with Gasteiger partial charge in [0.05, 0.1) is 6.33 Å². The van der Waals surface area contributed by atoms with Crippen LogP contribution in [0.2, 0.25) is 0 Å². The van der Waals surface area contributed by atoms with Crippen LogP contribution in [-0.2, 0) is 21.1 Å². The Hall–Kier alpha value is -0.102. The Labute approximate surface area is 50.2 Å². The SMILES string of the molecule is [Pt+2].c1c[nH]cn1. The quantitative estimate of drug-likeness (QED) is 0.721. The van der Waals surface area contributed by atoms with Gasteiger partial charge in [-0.2, -0.15) is 0 Å². The molecule has 0 bridgehead atoms. The van der Waals surface area contributed by atoms with Crippen molar-refractivity contribution in [1.29, 1.82) is 0 Å². The second kappa shape index (κ2) is 3.10. The molecule has 0 aliphatic carbocycles. The topological polar surface area (TPSA) is 28.7 Å². The van der Waals surface area contributed by atoms with Gasteiger partial charge in [0.15, 0.2) is 0 Å². The molecule has 0 amide bonds. The van der Waals surface area contributed by atoms with E-state index in [0.29, 0.717) is 0 Å². The Morgan fingerprint density at radius 2 is 2.33 bits per heavy atom. The molecule has 0 aliphatic heterocycles. The van der Waals surface area contributed by atoms with Crippen molar-refractivity contribution in [2.75, 3.05) is 0 Å². The molecule has 0 spiro atoms. The first-order chi connectivity index (χ1) is 2.50. The van der Waals surface area contributed by atoms with Gasteiger partial charge in [-0.05, 0) is 0 Å². The maximum absolute atomic E-state index is 3.67. The molecule has 0 aromatic carbocycles. The molecule has 0 aliphatic rings. The van der Waals surface area contributed by atoms with Gasteiger partial charge in [0.25, 0.3) is 0 Å². The Balaban J connectivity index is 0.000000250. The van der Waals surface area contributed by atoms with E-state index in [0.717, 1.165) is 0 Å². The summed E-state index contributed by atoms with van der Waals surface area (Å²) in [5.74, 6) is 0. The fourth-order valence-corrected chi connectivity index (χ4v) is 0.215. The number of nitrogens with zero attached hydrogens (tertiary/aromatic N) is 1. The van der Waals surface area contributed by atoms with Crippen LogP contribution in [-0.4, -0.2) is 9.97 Å². The minimum Gasteiger partial charge on any atom is -0.351 e. The minimum absolute atomic E-state index is 0. The van der Waals surface area contributed by atoms with Crippen LogP contribution in [0, 0.1) is 0 Å². The molecule has 1 N–H and O–H groups in total. The standard InChI is InChI=1S/C3H4N2.Pt/c1-2-5-3-4-1;/h1-3H,(H,4,5);/q;+2. The third-order valence-corrected chi connectivity index (χ3v) is 0.406. The molecular weight excluding hydrogens is 259 g/mol. The fraction of sp³-hybridized carbons (Fsp3) is 0. The second-order valence-electron chi connectivity index (χ2n) is 0.761. The molecule has 1 aromatic heterocycles. The molecule has 34 valence electrons. The zero-order chi connectivity index (χ0) is 3.54. The molecule has 3 heteroatoms. The summed E-state index contributed by atoms with van der Waals surface area (Å²) in [6.45, 7) is 0. The van der Waals surface area contributed by atoms with Crippen molar-refractivity contribution in [3.8, 4) is 0 Å². The molecule has 1 heterocycles. The maximum atomic E-state index is 3.67. The molecule has 0 fully saturated rings. The minimum atomic E-state index is 0. The van der Waals surface area contributed by atoms with E-state index in [1.165, 1.54) is 0 Å². The van der Waals surface area contributed by atoms with Gasteiger partial charge in [-0.25, -0.2) is 4.98 Å². The molecule has 0 radical (unpaired) electrons. The first-order valence-corrected chi connectivity index (χ1v) is 1.43.